The lowest BCUT2D eigenvalue weighted by Gasteiger charge is -2.13. The Hall–Kier alpha value is -4.07. The van der Waals surface area contributed by atoms with E-state index in [0.29, 0.717) is 35.7 Å². The van der Waals surface area contributed by atoms with Gasteiger partial charge in [-0.25, -0.2) is 19.3 Å². The summed E-state index contributed by atoms with van der Waals surface area (Å²) in [5.74, 6) is -0.648. The number of imidazole rings is 1. The first-order chi connectivity index (χ1) is 15.9. The van der Waals surface area contributed by atoms with Gasteiger partial charge in [0.1, 0.15) is 17.7 Å². The Bertz CT molecular complexity index is 1330. The van der Waals surface area contributed by atoms with Gasteiger partial charge in [0.15, 0.2) is 11.6 Å². The fraction of sp³-hybridized carbons (Fsp3) is 0.200. The zero-order valence-corrected chi connectivity index (χ0v) is 17.9. The number of rotatable bonds is 7. The molecule has 0 unspecified atom stereocenters. The molecule has 0 spiro atoms. The van der Waals surface area contributed by atoms with Gasteiger partial charge < -0.3 is 14.8 Å². The predicted molar refractivity (Wildman–Crippen MR) is 120 cm³/mol. The summed E-state index contributed by atoms with van der Waals surface area (Å²) in [6.07, 6.45) is 6.04. The molecule has 5 rings (SSSR count). The predicted octanol–water partition coefficient (Wildman–Crippen LogP) is 4.89. The number of aliphatic carboxylic acids is 1. The van der Waals surface area contributed by atoms with E-state index in [1.165, 1.54) is 6.07 Å². The Labute approximate surface area is 189 Å². The normalized spacial score (nSPS) is 14.1. The van der Waals surface area contributed by atoms with Crippen LogP contribution in [0.2, 0.25) is 0 Å². The number of pyridine rings is 2. The molecule has 1 aromatic carbocycles. The van der Waals surface area contributed by atoms with Crippen LogP contribution in [0.25, 0.3) is 33.9 Å². The first-order valence-electron chi connectivity index (χ1n) is 10.5. The summed E-state index contributed by atoms with van der Waals surface area (Å²) in [7, 11) is 0. The number of H-pyrrole nitrogens is 1. The van der Waals surface area contributed by atoms with E-state index in [9.17, 15) is 14.3 Å². The number of benzene rings is 1. The Morgan fingerprint density at radius 2 is 1.88 bits per heavy atom. The number of ether oxygens (including phenoxy) is 1. The number of halogens is 1. The monoisotopic (exact) mass is 444 g/mol. The van der Waals surface area contributed by atoms with E-state index in [-0.39, 0.29) is 12.3 Å². The zero-order chi connectivity index (χ0) is 23.0. The Kier molecular flexibility index (Phi) is 5.12. The quantitative estimate of drug-likeness (QED) is 0.421. The van der Waals surface area contributed by atoms with E-state index in [1.54, 1.807) is 24.7 Å². The topological polar surface area (TPSA) is 101 Å². The summed E-state index contributed by atoms with van der Waals surface area (Å²) >= 11 is 0. The molecule has 0 radical (unpaired) electrons. The molecule has 2 N–H and O–H groups in total. The van der Waals surface area contributed by atoms with Gasteiger partial charge in [0.05, 0.1) is 11.9 Å². The number of hydrogen-bond acceptors (Lipinski definition) is 5. The van der Waals surface area contributed by atoms with Gasteiger partial charge in [0.2, 0.25) is 5.88 Å². The molecule has 7 nitrogen and oxygen atoms in total. The van der Waals surface area contributed by atoms with Crippen LogP contribution in [0.5, 0.6) is 5.88 Å². The molecular weight excluding hydrogens is 423 g/mol. The Morgan fingerprint density at radius 1 is 1.09 bits per heavy atom. The highest BCUT2D eigenvalue weighted by Gasteiger charge is 2.51. The second-order valence-electron chi connectivity index (χ2n) is 8.28. The van der Waals surface area contributed by atoms with E-state index in [1.807, 2.05) is 37.3 Å². The van der Waals surface area contributed by atoms with Gasteiger partial charge in [-0.2, -0.15) is 0 Å². The first-order valence-corrected chi connectivity index (χ1v) is 10.5. The van der Waals surface area contributed by atoms with Crippen LogP contribution in [0.15, 0.2) is 61.1 Å². The second-order valence-corrected chi connectivity index (χ2v) is 8.28. The van der Waals surface area contributed by atoms with Crippen molar-refractivity contribution in [3.8, 4) is 39.8 Å². The van der Waals surface area contributed by atoms with Gasteiger partial charge in [-0.1, -0.05) is 30.3 Å². The van der Waals surface area contributed by atoms with Crippen LogP contribution in [-0.2, 0) is 4.79 Å². The molecule has 3 heterocycles. The minimum Gasteiger partial charge on any atom is -0.481 e. The van der Waals surface area contributed by atoms with Crippen molar-refractivity contribution in [1.29, 1.82) is 0 Å². The van der Waals surface area contributed by atoms with Crippen LogP contribution < -0.4 is 4.74 Å². The molecule has 166 valence electrons. The fourth-order valence-electron chi connectivity index (χ4n) is 3.66. The highest BCUT2D eigenvalue weighted by Crippen LogP contribution is 2.46. The number of carboxylic acids is 1. The van der Waals surface area contributed by atoms with Crippen molar-refractivity contribution in [2.45, 2.75) is 19.8 Å². The highest BCUT2D eigenvalue weighted by atomic mass is 19.1. The molecular formula is C25H21FN4O3. The number of carboxylic acid groups (broad SMARTS) is 1. The number of hydrogen-bond donors (Lipinski definition) is 2. The van der Waals surface area contributed by atoms with E-state index >= 15 is 0 Å². The molecule has 3 aromatic heterocycles. The molecule has 0 amide bonds. The first kappa shape index (κ1) is 20.8. The fourth-order valence-corrected chi connectivity index (χ4v) is 3.66. The molecule has 0 saturated heterocycles. The van der Waals surface area contributed by atoms with Crippen LogP contribution in [0.3, 0.4) is 0 Å². The third-order valence-electron chi connectivity index (χ3n) is 5.93. The lowest BCUT2D eigenvalue weighted by atomic mass is 10.0. The molecule has 1 aliphatic carbocycles. The smallest absolute Gasteiger partial charge is 0.313 e. The molecule has 33 heavy (non-hydrogen) atoms. The summed E-state index contributed by atoms with van der Waals surface area (Å²) in [6, 6.07) is 12.8. The molecule has 1 fully saturated rings. The minimum absolute atomic E-state index is 0.0904. The molecule has 0 bridgehead atoms. The average molecular weight is 444 g/mol. The summed E-state index contributed by atoms with van der Waals surface area (Å²) in [5, 5.41) is 9.27. The SMILES string of the molecule is Cc1cc(OCC2(C(=O)O)CC2)ncc1-c1cnc(-c2ncc(-c3ccccc3)[nH]2)c(F)c1. The van der Waals surface area contributed by atoms with E-state index < -0.39 is 17.2 Å². The van der Waals surface area contributed by atoms with Crippen LogP contribution in [0.1, 0.15) is 18.4 Å². The van der Waals surface area contributed by atoms with Crippen molar-refractivity contribution in [2.75, 3.05) is 6.61 Å². The van der Waals surface area contributed by atoms with Gasteiger partial charge in [-0.3, -0.25) is 4.79 Å². The molecule has 0 aliphatic heterocycles. The van der Waals surface area contributed by atoms with Gasteiger partial charge in [0, 0.05) is 29.6 Å². The second kappa shape index (κ2) is 8.12. The summed E-state index contributed by atoms with van der Waals surface area (Å²) in [4.78, 5) is 27.3. The maximum absolute atomic E-state index is 15.0. The Balaban J connectivity index is 1.35. The van der Waals surface area contributed by atoms with Crippen molar-refractivity contribution in [2.24, 2.45) is 5.41 Å². The maximum Gasteiger partial charge on any atom is 0.313 e. The number of aromatic nitrogens is 4. The highest BCUT2D eigenvalue weighted by molar-refractivity contribution is 5.78. The van der Waals surface area contributed by atoms with Crippen LogP contribution in [0.4, 0.5) is 4.39 Å². The van der Waals surface area contributed by atoms with Crippen molar-refractivity contribution >= 4 is 5.97 Å². The van der Waals surface area contributed by atoms with Crippen LogP contribution >= 0.6 is 0 Å². The van der Waals surface area contributed by atoms with Crippen molar-refractivity contribution in [1.82, 2.24) is 19.9 Å². The van der Waals surface area contributed by atoms with Crippen LogP contribution in [0, 0.1) is 18.2 Å². The number of aryl methyl sites for hydroxylation is 1. The Morgan fingerprint density at radius 3 is 2.55 bits per heavy atom. The van der Waals surface area contributed by atoms with E-state index in [0.717, 1.165) is 16.8 Å². The molecule has 1 aliphatic rings. The summed E-state index contributed by atoms with van der Waals surface area (Å²) < 4.78 is 20.6. The largest absolute Gasteiger partial charge is 0.481 e. The van der Waals surface area contributed by atoms with Gasteiger partial charge in [0.25, 0.3) is 0 Å². The molecule has 1 saturated carbocycles. The van der Waals surface area contributed by atoms with Crippen molar-refractivity contribution in [3.63, 3.8) is 0 Å². The lowest BCUT2D eigenvalue weighted by Crippen LogP contribution is -2.23. The zero-order valence-electron chi connectivity index (χ0n) is 17.9. The number of nitrogens with one attached hydrogen (secondary N) is 1. The minimum atomic E-state index is -0.843. The van der Waals surface area contributed by atoms with Crippen LogP contribution in [-0.4, -0.2) is 37.6 Å². The molecule has 4 aromatic rings. The van der Waals surface area contributed by atoms with Gasteiger partial charge in [-0.05, 0) is 37.0 Å². The molecule has 8 heteroatoms. The van der Waals surface area contributed by atoms with Crippen molar-refractivity contribution in [3.05, 3.63) is 72.4 Å². The third-order valence-corrected chi connectivity index (χ3v) is 5.93. The summed E-state index contributed by atoms with van der Waals surface area (Å²) in [5.41, 5.74) is 3.18. The number of nitrogens with zero attached hydrogens (tertiary/aromatic N) is 3. The van der Waals surface area contributed by atoms with Crippen molar-refractivity contribution < 1.29 is 19.0 Å². The van der Waals surface area contributed by atoms with Gasteiger partial charge in [-0.15, -0.1) is 0 Å². The lowest BCUT2D eigenvalue weighted by molar-refractivity contribution is -0.144. The molecule has 0 atom stereocenters. The standard InChI is InChI=1S/C25H21FN4O3/c1-15-9-21(33-14-25(7-8-25)24(31)32)27-12-18(15)17-10-19(26)22(28-11-17)23-29-13-20(30-23)16-5-3-2-4-6-16/h2-6,9-13H,7-8,14H2,1H3,(H,29,30)(H,31,32). The third kappa shape index (κ3) is 4.07. The average Bonchev–Trinajstić information content (AvgIpc) is 3.47. The number of carbonyl (C=O) groups is 1. The number of aromatic amines is 1. The van der Waals surface area contributed by atoms with E-state index in [2.05, 4.69) is 19.9 Å². The van der Waals surface area contributed by atoms with Gasteiger partial charge >= 0.3 is 5.97 Å². The maximum atomic E-state index is 15.0. The van der Waals surface area contributed by atoms with E-state index in [4.69, 9.17) is 4.74 Å². The summed E-state index contributed by atoms with van der Waals surface area (Å²) in [6.45, 7) is 1.95.